The van der Waals surface area contributed by atoms with Gasteiger partial charge in [0, 0.05) is 0 Å². The summed E-state index contributed by atoms with van der Waals surface area (Å²) in [6.07, 6.45) is 0.576. The second-order valence-electron chi connectivity index (χ2n) is 4.53. The predicted molar refractivity (Wildman–Crippen MR) is 75.9 cm³/mol. The summed E-state index contributed by atoms with van der Waals surface area (Å²) in [5, 5.41) is 17.9. The number of carbonyl (C=O) groups is 2. The first kappa shape index (κ1) is 14.1. The predicted octanol–water partition coefficient (Wildman–Crippen LogP) is 3.08. The van der Waals surface area contributed by atoms with E-state index in [1.54, 1.807) is 36.4 Å². The van der Waals surface area contributed by atoms with Crippen LogP contribution in [0.15, 0.2) is 36.4 Å². The number of aromatic carboxylic acids is 2. The highest BCUT2D eigenvalue weighted by atomic mass is 35.5. The molecule has 2 N–H and O–H groups in total. The summed E-state index contributed by atoms with van der Waals surface area (Å²) in [4.78, 5) is 21.9. The summed E-state index contributed by atoms with van der Waals surface area (Å²) in [6, 6.07) is 10.0. The normalized spacial score (nSPS) is 11.2. The van der Waals surface area contributed by atoms with Gasteiger partial charge in [0.05, 0.1) is 11.1 Å². The maximum Gasteiger partial charge on any atom is 0.335 e. The van der Waals surface area contributed by atoms with Crippen LogP contribution in [-0.4, -0.2) is 22.2 Å². The van der Waals surface area contributed by atoms with Crippen LogP contribution in [0.4, 0.5) is 0 Å². The molecule has 20 heavy (non-hydrogen) atoms. The van der Waals surface area contributed by atoms with E-state index in [1.807, 2.05) is 0 Å². The molecular weight excluding hydrogens is 280 g/mol. The first-order valence-electron chi connectivity index (χ1n) is 5.79. The Kier molecular flexibility index (Phi) is 3.51. The van der Waals surface area contributed by atoms with Crippen molar-refractivity contribution < 1.29 is 19.8 Å². The third kappa shape index (κ3) is 2.14. The van der Waals surface area contributed by atoms with Gasteiger partial charge in [-0.05, 0) is 52.9 Å². The summed E-state index contributed by atoms with van der Waals surface area (Å²) >= 11 is 0. The Hall–Kier alpha value is -2.33. The summed E-state index contributed by atoms with van der Waals surface area (Å²) in [5.41, 5.74) is 4.33. The van der Waals surface area contributed by atoms with Crippen LogP contribution in [0.5, 0.6) is 0 Å². The van der Waals surface area contributed by atoms with E-state index < -0.39 is 11.9 Å². The van der Waals surface area contributed by atoms with Gasteiger partial charge in [-0.2, -0.15) is 0 Å². The molecule has 3 rings (SSSR count). The van der Waals surface area contributed by atoms with Crippen molar-refractivity contribution in [3.63, 3.8) is 0 Å². The number of benzene rings is 2. The van der Waals surface area contributed by atoms with Crippen LogP contribution < -0.4 is 0 Å². The van der Waals surface area contributed by atoms with Gasteiger partial charge in [0.15, 0.2) is 0 Å². The Morgan fingerprint density at radius 2 is 1.20 bits per heavy atom. The van der Waals surface area contributed by atoms with Gasteiger partial charge in [-0.15, -0.1) is 12.4 Å². The van der Waals surface area contributed by atoms with E-state index in [9.17, 15) is 9.59 Å². The average Bonchev–Trinajstić information content (AvgIpc) is 2.74. The van der Waals surface area contributed by atoms with E-state index in [2.05, 4.69) is 0 Å². The van der Waals surface area contributed by atoms with E-state index in [-0.39, 0.29) is 23.5 Å². The van der Waals surface area contributed by atoms with Crippen LogP contribution in [0.1, 0.15) is 31.8 Å². The summed E-state index contributed by atoms with van der Waals surface area (Å²) in [7, 11) is 0. The van der Waals surface area contributed by atoms with Gasteiger partial charge in [0.2, 0.25) is 0 Å². The molecule has 0 aromatic heterocycles. The topological polar surface area (TPSA) is 74.6 Å². The maximum atomic E-state index is 10.9. The molecule has 4 nitrogen and oxygen atoms in total. The van der Waals surface area contributed by atoms with E-state index in [4.69, 9.17) is 10.2 Å². The minimum atomic E-state index is -0.954. The van der Waals surface area contributed by atoms with Crippen LogP contribution in [0.2, 0.25) is 0 Å². The van der Waals surface area contributed by atoms with Crippen LogP contribution in [-0.2, 0) is 6.42 Å². The number of carboxylic acids is 2. The SMILES string of the molecule is Cl.O=C(O)c1ccc2c(c1)Cc1cc(C(=O)O)ccc1-2. The number of rotatable bonds is 2. The molecule has 2 aromatic rings. The van der Waals surface area contributed by atoms with Crippen molar-refractivity contribution in [2.75, 3.05) is 0 Å². The molecule has 0 unspecified atom stereocenters. The number of hydrogen-bond acceptors (Lipinski definition) is 2. The Morgan fingerprint density at radius 3 is 1.55 bits per heavy atom. The summed E-state index contributed by atoms with van der Waals surface area (Å²) < 4.78 is 0. The second kappa shape index (κ2) is 4.98. The van der Waals surface area contributed by atoms with Crippen LogP contribution >= 0.6 is 12.4 Å². The van der Waals surface area contributed by atoms with Gasteiger partial charge in [0.1, 0.15) is 0 Å². The van der Waals surface area contributed by atoms with Crippen molar-refractivity contribution in [2.45, 2.75) is 6.42 Å². The van der Waals surface area contributed by atoms with Gasteiger partial charge >= 0.3 is 11.9 Å². The Balaban J connectivity index is 0.00000147. The Labute approximate surface area is 121 Å². The minimum absolute atomic E-state index is 0. The fourth-order valence-corrected chi connectivity index (χ4v) is 2.48. The second-order valence-corrected chi connectivity index (χ2v) is 4.53. The zero-order valence-corrected chi connectivity index (χ0v) is 11.1. The van der Waals surface area contributed by atoms with Gasteiger partial charge in [-0.25, -0.2) is 9.59 Å². The molecule has 0 aliphatic heterocycles. The lowest BCUT2D eigenvalue weighted by Gasteiger charge is -2.02. The fraction of sp³-hybridized carbons (Fsp3) is 0.0667. The zero-order valence-electron chi connectivity index (χ0n) is 10.3. The Morgan fingerprint density at radius 1 is 0.800 bits per heavy atom. The van der Waals surface area contributed by atoms with Crippen molar-refractivity contribution in [1.29, 1.82) is 0 Å². The average molecular weight is 291 g/mol. The molecule has 0 atom stereocenters. The van der Waals surface area contributed by atoms with Crippen molar-refractivity contribution >= 4 is 24.3 Å². The molecule has 0 heterocycles. The van der Waals surface area contributed by atoms with Gasteiger partial charge in [0.25, 0.3) is 0 Å². The van der Waals surface area contributed by atoms with Gasteiger partial charge in [-0.3, -0.25) is 0 Å². The molecule has 0 fully saturated rings. The van der Waals surface area contributed by atoms with Crippen molar-refractivity contribution in [1.82, 2.24) is 0 Å². The van der Waals surface area contributed by atoms with Crippen molar-refractivity contribution in [3.05, 3.63) is 58.7 Å². The number of fused-ring (bicyclic) bond motifs is 3. The molecular formula is C15H11ClO4. The van der Waals surface area contributed by atoms with E-state index in [0.29, 0.717) is 6.42 Å². The molecule has 0 amide bonds. The molecule has 0 saturated carbocycles. The van der Waals surface area contributed by atoms with Gasteiger partial charge in [-0.1, -0.05) is 12.1 Å². The molecule has 5 heteroatoms. The summed E-state index contributed by atoms with van der Waals surface area (Å²) in [6.45, 7) is 0. The molecule has 102 valence electrons. The van der Waals surface area contributed by atoms with E-state index in [1.165, 1.54) is 0 Å². The maximum absolute atomic E-state index is 10.9. The first-order chi connectivity index (χ1) is 9.06. The fourth-order valence-electron chi connectivity index (χ4n) is 2.48. The van der Waals surface area contributed by atoms with Crippen LogP contribution in [0, 0.1) is 0 Å². The number of halogens is 1. The minimum Gasteiger partial charge on any atom is -0.478 e. The Bertz CT molecular complexity index is 660. The lowest BCUT2D eigenvalue weighted by Crippen LogP contribution is -1.97. The highest BCUT2D eigenvalue weighted by Crippen LogP contribution is 2.37. The standard InChI is InChI=1S/C15H10O4.ClH/c16-14(17)8-1-3-12-10(5-8)7-11-6-9(15(18)19)2-4-13(11)12;/h1-6H,7H2,(H,16,17)(H,18,19);1H. The molecule has 0 spiro atoms. The third-order valence-electron chi connectivity index (χ3n) is 3.38. The molecule has 0 radical (unpaired) electrons. The van der Waals surface area contributed by atoms with Crippen LogP contribution in [0.3, 0.4) is 0 Å². The highest BCUT2D eigenvalue weighted by molar-refractivity contribution is 5.92. The summed E-state index contributed by atoms with van der Waals surface area (Å²) in [5.74, 6) is -1.91. The zero-order chi connectivity index (χ0) is 13.6. The smallest absolute Gasteiger partial charge is 0.335 e. The van der Waals surface area contributed by atoms with Crippen LogP contribution in [0.25, 0.3) is 11.1 Å². The quantitative estimate of drug-likeness (QED) is 0.760. The van der Waals surface area contributed by atoms with Gasteiger partial charge < -0.3 is 10.2 Å². The molecule has 1 aliphatic rings. The third-order valence-corrected chi connectivity index (χ3v) is 3.38. The van der Waals surface area contributed by atoms with E-state index in [0.717, 1.165) is 22.3 Å². The van der Waals surface area contributed by atoms with Crippen molar-refractivity contribution in [2.24, 2.45) is 0 Å². The number of hydrogen-bond donors (Lipinski definition) is 2. The molecule has 2 aromatic carbocycles. The molecule has 1 aliphatic carbocycles. The lowest BCUT2D eigenvalue weighted by molar-refractivity contribution is 0.0686. The molecule has 0 saturated heterocycles. The first-order valence-corrected chi connectivity index (χ1v) is 5.79. The largest absolute Gasteiger partial charge is 0.478 e. The number of carboxylic acid groups (broad SMARTS) is 2. The monoisotopic (exact) mass is 290 g/mol. The van der Waals surface area contributed by atoms with Crippen molar-refractivity contribution in [3.8, 4) is 11.1 Å². The van der Waals surface area contributed by atoms with E-state index >= 15 is 0 Å². The molecule has 0 bridgehead atoms. The highest BCUT2D eigenvalue weighted by Gasteiger charge is 2.20. The lowest BCUT2D eigenvalue weighted by atomic mass is 10.0.